The molecule has 1 N–H and O–H groups in total. The largest absolute Gasteiger partial charge is 0.478 e. The summed E-state index contributed by atoms with van der Waals surface area (Å²) in [6.07, 6.45) is 9.59. The lowest BCUT2D eigenvalue weighted by atomic mass is 9.78. The van der Waals surface area contributed by atoms with Crippen LogP contribution in [0.1, 0.15) is 48.9 Å². The van der Waals surface area contributed by atoms with E-state index in [1.165, 1.54) is 50.3 Å². The number of carboxylic acids is 1. The molecular weight excluding hydrogens is 282 g/mol. The molecule has 3 rings (SSSR count). The molecule has 1 saturated heterocycles. The number of hydrogen-bond donors (Lipinski definition) is 1. The second-order valence-corrected chi connectivity index (χ2v) is 6.96. The Bertz CT molecular complexity index is 530. The highest BCUT2D eigenvalue weighted by molar-refractivity contribution is 7.98. The Labute approximate surface area is 130 Å². The molecule has 1 aliphatic carbocycles. The van der Waals surface area contributed by atoms with Crippen LogP contribution in [0, 0.1) is 5.92 Å². The summed E-state index contributed by atoms with van der Waals surface area (Å²) in [6, 6.07) is 6.46. The van der Waals surface area contributed by atoms with Gasteiger partial charge in [0.05, 0.1) is 11.3 Å². The number of benzene rings is 1. The van der Waals surface area contributed by atoms with Crippen LogP contribution in [-0.4, -0.2) is 29.9 Å². The standard InChI is InChI=1S/C17H23NO2S/c1-21-15-10-4-9-14(16(15)17(19)20)18-11-5-7-12-6-2-3-8-13(12)18/h4,9-10,12-13H,2-3,5-8,11H2,1H3,(H,19,20). The van der Waals surface area contributed by atoms with E-state index in [4.69, 9.17) is 0 Å². The van der Waals surface area contributed by atoms with E-state index < -0.39 is 5.97 Å². The summed E-state index contributed by atoms with van der Waals surface area (Å²) < 4.78 is 0. The van der Waals surface area contributed by atoms with E-state index in [0.29, 0.717) is 11.6 Å². The molecule has 0 radical (unpaired) electrons. The van der Waals surface area contributed by atoms with Crippen molar-refractivity contribution in [3.05, 3.63) is 23.8 Å². The molecule has 1 heterocycles. The van der Waals surface area contributed by atoms with Crippen molar-refractivity contribution in [2.45, 2.75) is 49.5 Å². The minimum absolute atomic E-state index is 0.497. The maximum absolute atomic E-state index is 11.8. The van der Waals surface area contributed by atoms with E-state index in [2.05, 4.69) is 4.90 Å². The van der Waals surface area contributed by atoms with Crippen LogP contribution in [0.4, 0.5) is 5.69 Å². The lowest BCUT2D eigenvalue weighted by Gasteiger charge is -2.46. The van der Waals surface area contributed by atoms with Crippen LogP contribution in [0.25, 0.3) is 0 Å². The lowest BCUT2D eigenvalue weighted by Crippen LogP contribution is -2.47. The van der Waals surface area contributed by atoms with E-state index in [0.717, 1.165) is 23.0 Å². The van der Waals surface area contributed by atoms with Gasteiger partial charge in [-0.2, -0.15) is 0 Å². The Balaban J connectivity index is 2.00. The summed E-state index contributed by atoms with van der Waals surface area (Å²) in [4.78, 5) is 15.0. The third kappa shape index (κ3) is 2.78. The highest BCUT2D eigenvalue weighted by Crippen LogP contribution is 2.40. The van der Waals surface area contributed by atoms with Crippen LogP contribution in [-0.2, 0) is 0 Å². The van der Waals surface area contributed by atoms with Gasteiger partial charge in [-0.3, -0.25) is 0 Å². The van der Waals surface area contributed by atoms with Crippen LogP contribution in [0.3, 0.4) is 0 Å². The fourth-order valence-corrected chi connectivity index (χ4v) is 4.68. The van der Waals surface area contributed by atoms with Gasteiger partial charge in [0.2, 0.25) is 0 Å². The fourth-order valence-electron chi connectivity index (χ4n) is 4.07. The van der Waals surface area contributed by atoms with Gasteiger partial charge in [0.15, 0.2) is 0 Å². The van der Waals surface area contributed by atoms with Gasteiger partial charge in [-0.1, -0.05) is 18.9 Å². The number of thioether (sulfide) groups is 1. The number of nitrogens with zero attached hydrogens (tertiary/aromatic N) is 1. The Morgan fingerprint density at radius 1 is 1.24 bits per heavy atom. The number of fused-ring (bicyclic) bond motifs is 1. The number of aromatic carboxylic acids is 1. The van der Waals surface area contributed by atoms with Crippen molar-refractivity contribution >= 4 is 23.4 Å². The molecule has 0 spiro atoms. The number of rotatable bonds is 3. The van der Waals surface area contributed by atoms with Crippen molar-refractivity contribution in [1.29, 1.82) is 0 Å². The SMILES string of the molecule is CSc1cccc(N2CCCC3CCCCC32)c1C(=O)O. The zero-order valence-corrected chi connectivity index (χ0v) is 13.4. The second-order valence-electron chi connectivity index (χ2n) is 6.11. The smallest absolute Gasteiger partial charge is 0.338 e. The highest BCUT2D eigenvalue weighted by atomic mass is 32.2. The summed E-state index contributed by atoms with van der Waals surface area (Å²) in [7, 11) is 0. The molecule has 21 heavy (non-hydrogen) atoms. The minimum Gasteiger partial charge on any atom is -0.478 e. The number of piperidine rings is 1. The molecule has 0 bridgehead atoms. The average molecular weight is 305 g/mol. The van der Waals surface area contributed by atoms with E-state index in [-0.39, 0.29) is 0 Å². The molecule has 2 atom stereocenters. The normalized spacial score (nSPS) is 25.5. The molecule has 2 unspecified atom stereocenters. The number of hydrogen-bond acceptors (Lipinski definition) is 3. The summed E-state index contributed by atoms with van der Waals surface area (Å²) in [6.45, 7) is 0.999. The lowest BCUT2D eigenvalue weighted by molar-refractivity contribution is 0.0693. The molecule has 1 saturated carbocycles. The van der Waals surface area contributed by atoms with Gasteiger partial charge >= 0.3 is 5.97 Å². The molecule has 3 nitrogen and oxygen atoms in total. The molecule has 4 heteroatoms. The number of carboxylic acid groups (broad SMARTS) is 1. The maximum Gasteiger partial charge on any atom is 0.338 e. The predicted molar refractivity (Wildman–Crippen MR) is 87.5 cm³/mol. The first-order valence-electron chi connectivity index (χ1n) is 7.89. The fraction of sp³-hybridized carbons (Fsp3) is 0.588. The minimum atomic E-state index is -0.798. The third-order valence-electron chi connectivity index (χ3n) is 4.99. The first kappa shape index (κ1) is 14.8. The van der Waals surface area contributed by atoms with Crippen molar-refractivity contribution < 1.29 is 9.90 Å². The molecule has 0 aromatic heterocycles. The first-order chi connectivity index (χ1) is 10.2. The molecule has 114 valence electrons. The molecular formula is C17H23NO2S. The molecule has 1 aliphatic heterocycles. The first-order valence-corrected chi connectivity index (χ1v) is 9.11. The van der Waals surface area contributed by atoms with Crippen molar-refractivity contribution in [2.75, 3.05) is 17.7 Å². The van der Waals surface area contributed by atoms with Gasteiger partial charge in [0.1, 0.15) is 0 Å². The van der Waals surface area contributed by atoms with E-state index in [9.17, 15) is 9.90 Å². The summed E-state index contributed by atoms with van der Waals surface area (Å²) >= 11 is 1.52. The van der Waals surface area contributed by atoms with Crippen LogP contribution in [0.5, 0.6) is 0 Å². The van der Waals surface area contributed by atoms with Crippen LogP contribution >= 0.6 is 11.8 Å². The Hall–Kier alpha value is -1.16. The van der Waals surface area contributed by atoms with Crippen LogP contribution in [0.15, 0.2) is 23.1 Å². The third-order valence-corrected chi connectivity index (χ3v) is 5.77. The Morgan fingerprint density at radius 3 is 2.76 bits per heavy atom. The van der Waals surface area contributed by atoms with Crippen molar-refractivity contribution in [1.82, 2.24) is 0 Å². The van der Waals surface area contributed by atoms with E-state index in [1.54, 1.807) is 0 Å². The van der Waals surface area contributed by atoms with Gasteiger partial charge in [0.25, 0.3) is 0 Å². The predicted octanol–water partition coefficient (Wildman–Crippen LogP) is 4.27. The quantitative estimate of drug-likeness (QED) is 0.847. The molecule has 0 amide bonds. The van der Waals surface area contributed by atoms with Gasteiger partial charge < -0.3 is 10.0 Å². The van der Waals surface area contributed by atoms with E-state index >= 15 is 0 Å². The average Bonchev–Trinajstić information content (AvgIpc) is 2.53. The Morgan fingerprint density at radius 2 is 2.00 bits per heavy atom. The highest BCUT2D eigenvalue weighted by Gasteiger charge is 2.35. The van der Waals surface area contributed by atoms with Gasteiger partial charge in [-0.05, 0) is 50.0 Å². The van der Waals surface area contributed by atoms with E-state index in [1.807, 2.05) is 24.5 Å². The molecule has 2 fully saturated rings. The monoisotopic (exact) mass is 305 g/mol. The Kier molecular flexibility index (Phi) is 4.43. The topological polar surface area (TPSA) is 40.5 Å². The second kappa shape index (κ2) is 6.30. The maximum atomic E-state index is 11.8. The van der Waals surface area contributed by atoms with Gasteiger partial charge in [0, 0.05) is 17.5 Å². The zero-order chi connectivity index (χ0) is 14.8. The van der Waals surface area contributed by atoms with Crippen molar-refractivity contribution in [3.63, 3.8) is 0 Å². The molecule has 2 aliphatic rings. The van der Waals surface area contributed by atoms with Crippen molar-refractivity contribution in [3.8, 4) is 0 Å². The zero-order valence-electron chi connectivity index (χ0n) is 12.5. The number of carbonyl (C=O) groups is 1. The molecule has 1 aromatic carbocycles. The summed E-state index contributed by atoms with van der Waals surface area (Å²) in [5.41, 5.74) is 1.43. The summed E-state index contributed by atoms with van der Waals surface area (Å²) in [5.74, 6) is -0.0417. The van der Waals surface area contributed by atoms with Crippen LogP contribution in [0.2, 0.25) is 0 Å². The van der Waals surface area contributed by atoms with Gasteiger partial charge in [-0.15, -0.1) is 11.8 Å². The summed E-state index contributed by atoms with van der Waals surface area (Å²) in [5, 5.41) is 9.66. The molecule has 1 aromatic rings. The number of anilines is 1. The van der Waals surface area contributed by atoms with Crippen molar-refractivity contribution in [2.24, 2.45) is 5.92 Å². The van der Waals surface area contributed by atoms with Gasteiger partial charge in [-0.25, -0.2) is 4.79 Å². The van der Waals surface area contributed by atoms with Crippen LogP contribution < -0.4 is 4.90 Å².